The summed E-state index contributed by atoms with van der Waals surface area (Å²) in [7, 11) is 1.80. The van der Waals surface area contributed by atoms with E-state index in [1.54, 1.807) is 36.2 Å². The fourth-order valence-corrected chi connectivity index (χ4v) is 3.71. The predicted octanol–water partition coefficient (Wildman–Crippen LogP) is 4.58. The molecule has 2 aromatic rings. The van der Waals surface area contributed by atoms with Gasteiger partial charge in [-0.15, -0.1) is 12.4 Å². The van der Waals surface area contributed by atoms with Gasteiger partial charge in [-0.2, -0.15) is 0 Å². The van der Waals surface area contributed by atoms with Crippen molar-refractivity contribution in [3.63, 3.8) is 0 Å². The summed E-state index contributed by atoms with van der Waals surface area (Å²) >= 11 is 6.00. The standard InChI is InChI=1S/C20H22ClFN2O.ClH/c1-24(20(25)15-6-11-18(23)12-15)19(13-2-7-16(21)8-3-13)14-4-9-17(22)10-5-14;/h2-5,7-10,15,18-19H,6,11-12,23H2,1H3;1H. The van der Waals surface area contributed by atoms with E-state index in [0.29, 0.717) is 5.02 Å². The average Bonchev–Trinajstić information content (AvgIpc) is 3.04. The lowest BCUT2D eigenvalue weighted by Crippen LogP contribution is -2.36. The van der Waals surface area contributed by atoms with E-state index in [9.17, 15) is 9.18 Å². The first-order valence-corrected chi connectivity index (χ1v) is 8.86. The molecule has 3 unspecified atom stereocenters. The molecule has 3 rings (SSSR count). The second-order valence-corrected chi connectivity index (χ2v) is 7.16. The highest BCUT2D eigenvalue weighted by molar-refractivity contribution is 6.30. The minimum Gasteiger partial charge on any atom is -0.334 e. The fourth-order valence-electron chi connectivity index (χ4n) is 3.59. The molecule has 0 saturated heterocycles. The van der Waals surface area contributed by atoms with E-state index in [1.165, 1.54) is 12.1 Å². The fraction of sp³-hybridized carbons (Fsp3) is 0.350. The first-order valence-electron chi connectivity index (χ1n) is 8.49. The highest BCUT2D eigenvalue weighted by Gasteiger charge is 2.33. The van der Waals surface area contributed by atoms with Gasteiger partial charge >= 0.3 is 0 Å². The molecule has 0 bridgehead atoms. The lowest BCUT2D eigenvalue weighted by molar-refractivity contribution is -0.135. The van der Waals surface area contributed by atoms with Crippen LogP contribution in [-0.2, 0) is 4.79 Å². The van der Waals surface area contributed by atoms with Crippen LogP contribution < -0.4 is 5.73 Å². The van der Waals surface area contributed by atoms with Crippen LogP contribution in [0.4, 0.5) is 4.39 Å². The molecule has 0 heterocycles. The van der Waals surface area contributed by atoms with Crippen molar-refractivity contribution in [2.75, 3.05) is 7.05 Å². The number of rotatable bonds is 4. The molecule has 0 spiro atoms. The number of nitrogens with two attached hydrogens (primary N) is 1. The molecule has 1 aliphatic rings. The third kappa shape index (κ3) is 4.56. The van der Waals surface area contributed by atoms with Crippen LogP contribution in [-0.4, -0.2) is 23.9 Å². The van der Waals surface area contributed by atoms with Crippen molar-refractivity contribution < 1.29 is 9.18 Å². The van der Waals surface area contributed by atoms with Crippen molar-refractivity contribution in [2.45, 2.75) is 31.3 Å². The van der Waals surface area contributed by atoms with Gasteiger partial charge in [0.05, 0.1) is 6.04 Å². The summed E-state index contributed by atoms with van der Waals surface area (Å²) < 4.78 is 13.3. The summed E-state index contributed by atoms with van der Waals surface area (Å²) in [5.74, 6) is -0.262. The first kappa shape index (κ1) is 20.7. The molecule has 26 heavy (non-hydrogen) atoms. The Morgan fingerprint density at radius 3 is 2.15 bits per heavy atom. The maximum Gasteiger partial charge on any atom is 0.226 e. The molecule has 0 aromatic heterocycles. The number of amides is 1. The van der Waals surface area contributed by atoms with Crippen LogP contribution in [0.2, 0.25) is 5.02 Å². The van der Waals surface area contributed by atoms with Crippen molar-refractivity contribution in [2.24, 2.45) is 11.7 Å². The highest BCUT2D eigenvalue weighted by atomic mass is 35.5. The summed E-state index contributed by atoms with van der Waals surface area (Å²) in [6.07, 6.45) is 2.42. The zero-order chi connectivity index (χ0) is 18.0. The molecule has 2 aromatic carbocycles. The second-order valence-electron chi connectivity index (χ2n) is 6.72. The monoisotopic (exact) mass is 396 g/mol. The van der Waals surface area contributed by atoms with E-state index in [2.05, 4.69) is 0 Å². The minimum atomic E-state index is -0.297. The van der Waals surface area contributed by atoms with Crippen LogP contribution >= 0.6 is 24.0 Å². The molecule has 0 aliphatic heterocycles. The molecule has 1 fully saturated rings. The maximum absolute atomic E-state index is 13.3. The predicted molar refractivity (Wildman–Crippen MR) is 105 cm³/mol. The molecule has 3 nitrogen and oxygen atoms in total. The Morgan fingerprint density at radius 1 is 1.12 bits per heavy atom. The number of benzene rings is 2. The summed E-state index contributed by atoms with van der Waals surface area (Å²) in [5, 5.41) is 0.636. The van der Waals surface area contributed by atoms with Crippen molar-refractivity contribution >= 4 is 29.9 Å². The molecule has 2 N–H and O–H groups in total. The lowest BCUT2D eigenvalue weighted by Gasteiger charge is -2.31. The number of halogens is 3. The Kier molecular flexibility index (Phi) is 7.04. The summed E-state index contributed by atoms with van der Waals surface area (Å²) in [6.45, 7) is 0. The highest BCUT2D eigenvalue weighted by Crippen LogP contribution is 2.33. The summed E-state index contributed by atoms with van der Waals surface area (Å²) in [6, 6.07) is 13.5. The molecule has 1 aliphatic carbocycles. The topological polar surface area (TPSA) is 46.3 Å². The van der Waals surface area contributed by atoms with Gasteiger partial charge in [-0.3, -0.25) is 4.79 Å². The Balaban J connectivity index is 0.00000243. The second kappa shape index (κ2) is 8.85. The van der Waals surface area contributed by atoms with Gasteiger partial charge < -0.3 is 10.6 Å². The van der Waals surface area contributed by atoms with Crippen LogP contribution in [0, 0.1) is 11.7 Å². The van der Waals surface area contributed by atoms with Crippen LogP contribution in [0.15, 0.2) is 48.5 Å². The SMILES string of the molecule is CN(C(=O)C1CCC(N)C1)C(c1ccc(F)cc1)c1ccc(Cl)cc1.Cl. The smallest absolute Gasteiger partial charge is 0.226 e. The zero-order valence-electron chi connectivity index (χ0n) is 14.6. The van der Waals surface area contributed by atoms with E-state index in [4.69, 9.17) is 17.3 Å². The number of carbonyl (C=O) groups excluding carboxylic acids is 1. The molecule has 140 valence electrons. The number of hydrogen-bond acceptors (Lipinski definition) is 2. The molecular weight excluding hydrogens is 374 g/mol. The van der Waals surface area contributed by atoms with Crippen molar-refractivity contribution in [1.29, 1.82) is 0 Å². The molecule has 3 atom stereocenters. The summed E-state index contributed by atoms with van der Waals surface area (Å²) in [5.41, 5.74) is 7.77. The summed E-state index contributed by atoms with van der Waals surface area (Å²) in [4.78, 5) is 14.7. The number of nitrogens with zero attached hydrogens (tertiary/aromatic N) is 1. The van der Waals surface area contributed by atoms with Gasteiger partial charge in [-0.05, 0) is 54.7 Å². The van der Waals surface area contributed by atoms with Crippen LogP contribution in [0.25, 0.3) is 0 Å². The van der Waals surface area contributed by atoms with Crippen molar-refractivity contribution in [3.8, 4) is 0 Å². The maximum atomic E-state index is 13.3. The third-order valence-electron chi connectivity index (χ3n) is 4.93. The van der Waals surface area contributed by atoms with Crippen LogP contribution in [0.1, 0.15) is 36.4 Å². The van der Waals surface area contributed by atoms with Gasteiger partial charge in [0, 0.05) is 24.0 Å². The Bertz CT molecular complexity index is 691. The quantitative estimate of drug-likeness (QED) is 0.821. The van der Waals surface area contributed by atoms with Crippen LogP contribution in [0.3, 0.4) is 0 Å². The van der Waals surface area contributed by atoms with E-state index in [1.807, 2.05) is 12.1 Å². The normalized spacial score (nSPS) is 20.3. The van der Waals surface area contributed by atoms with E-state index in [0.717, 1.165) is 30.4 Å². The van der Waals surface area contributed by atoms with Crippen LogP contribution in [0.5, 0.6) is 0 Å². The largest absolute Gasteiger partial charge is 0.334 e. The van der Waals surface area contributed by atoms with Gasteiger partial charge in [-0.1, -0.05) is 35.9 Å². The van der Waals surface area contributed by atoms with Crippen molar-refractivity contribution in [1.82, 2.24) is 4.90 Å². The van der Waals surface area contributed by atoms with E-state index in [-0.39, 0.29) is 42.1 Å². The number of carbonyl (C=O) groups is 1. The zero-order valence-corrected chi connectivity index (χ0v) is 16.1. The molecule has 6 heteroatoms. The van der Waals surface area contributed by atoms with E-state index < -0.39 is 0 Å². The van der Waals surface area contributed by atoms with E-state index >= 15 is 0 Å². The van der Waals surface area contributed by atoms with Gasteiger partial charge in [0.15, 0.2) is 0 Å². The van der Waals surface area contributed by atoms with Gasteiger partial charge in [0.25, 0.3) is 0 Å². The molecule has 1 saturated carbocycles. The first-order chi connectivity index (χ1) is 12.0. The van der Waals surface area contributed by atoms with Gasteiger partial charge in [0.1, 0.15) is 5.82 Å². The lowest BCUT2D eigenvalue weighted by atomic mass is 9.95. The molecule has 1 amide bonds. The van der Waals surface area contributed by atoms with Gasteiger partial charge in [-0.25, -0.2) is 4.39 Å². The Hall–Kier alpha value is -1.62. The Morgan fingerprint density at radius 2 is 1.65 bits per heavy atom. The van der Waals surface area contributed by atoms with Crippen molar-refractivity contribution in [3.05, 3.63) is 70.5 Å². The number of hydrogen-bond donors (Lipinski definition) is 1. The Labute approximate surface area is 164 Å². The molecule has 0 radical (unpaired) electrons. The van der Waals surface area contributed by atoms with Gasteiger partial charge in [0.2, 0.25) is 5.91 Å². The third-order valence-corrected chi connectivity index (χ3v) is 5.18. The average molecular weight is 397 g/mol. The molecular formula is C20H23Cl2FN2O. The minimum absolute atomic E-state index is 0.